The Morgan fingerprint density at radius 1 is 1.80 bits per heavy atom. The zero-order valence-electron chi connectivity index (χ0n) is 2.85. The summed E-state index contributed by atoms with van der Waals surface area (Å²) in [6, 6.07) is 0. The highest BCUT2D eigenvalue weighted by Crippen LogP contribution is 1.82. The summed E-state index contributed by atoms with van der Waals surface area (Å²) < 4.78 is 4.71. The zero-order chi connectivity index (χ0) is 3.54. The molecule has 0 amide bonds. The van der Waals surface area contributed by atoms with E-state index in [4.69, 9.17) is 4.65 Å². The second-order valence-corrected chi connectivity index (χ2v) is 0.898. The zero-order valence-corrected chi connectivity index (χ0v) is 2.85. The van der Waals surface area contributed by atoms with Crippen molar-refractivity contribution < 1.29 is 4.65 Å². The second kappa shape index (κ2) is 1.27. The SMILES string of the molecule is [B]1C=CCO1. The van der Waals surface area contributed by atoms with E-state index in [1.807, 2.05) is 12.1 Å². The lowest BCUT2D eigenvalue weighted by atomic mass is 10.1. The topological polar surface area (TPSA) is 9.23 Å². The van der Waals surface area contributed by atoms with E-state index in [0.717, 1.165) is 6.61 Å². The van der Waals surface area contributed by atoms with Crippen LogP contribution in [0.3, 0.4) is 0 Å². The summed E-state index contributed by atoms with van der Waals surface area (Å²) in [7, 11) is 1.68. The largest absolute Gasteiger partial charge is 0.432 e. The molecule has 0 aromatic heterocycles. The Bertz CT molecular complexity index is 44.9. The Balaban J connectivity index is 2.32. The molecule has 25 valence electrons. The Kier molecular flexibility index (Phi) is 0.754. The van der Waals surface area contributed by atoms with Gasteiger partial charge < -0.3 is 4.65 Å². The maximum absolute atomic E-state index is 4.71. The minimum absolute atomic E-state index is 0.764. The lowest BCUT2D eigenvalue weighted by molar-refractivity contribution is 0.403. The van der Waals surface area contributed by atoms with Crippen LogP contribution < -0.4 is 0 Å². The van der Waals surface area contributed by atoms with Crippen LogP contribution in [0.4, 0.5) is 0 Å². The smallest absolute Gasteiger partial charge is 0.322 e. The van der Waals surface area contributed by atoms with Gasteiger partial charge in [-0.3, -0.25) is 0 Å². The molecular weight excluding hydrogens is 62.8 g/mol. The van der Waals surface area contributed by atoms with Crippen molar-refractivity contribution >= 4 is 7.48 Å². The highest BCUT2D eigenvalue weighted by Gasteiger charge is 1.87. The van der Waals surface area contributed by atoms with E-state index in [-0.39, 0.29) is 0 Å². The van der Waals surface area contributed by atoms with Gasteiger partial charge in [-0.1, -0.05) is 12.1 Å². The lowest BCUT2D eigenvalue weighted by Crippen LogP contribution is -1.82. The first-order valence-corrected chi connectivity index (χ1v) is 1.60. The van der Waals surface area contributed by atoms with E-state index in [0.29, 0.717) is 0 Å². The first kappa shape index (κ1) is 2.97. The summed E-state index contributed by atoms with van der Waals surface area (Å²) in [5.74, 6) is 1.89. The van der Waals surface area contributed by atoms with E-state index in [9.17, 15) is 0 Å². The third-order valence-electron chi connectivity index (χ3n) is 0.503. The molecule has 1 heterocycles. The maximum Gasteiger partial charge on any atom is 0.322 e. The predicted octanol–water partition coefficient (Wildman–Crippen LogP) is 0.149. The molecular formula is C3H4BO. The summed E-state index contributed by atoms with van der Waals surface area (Å²) in [5, 5.41) is 0. The molecule has 0 aliphatic carbocycles. The highest BCUT2D eigenvalue weighted by molar-refractivity contribution is 6.35. The van der Waals surface area contributed by atoms with Crippen LogP contribution in [-0.4, -0.2) is 14.1 Å². The van der Waals surface area contributed by atoms with Gasteiger partial charge in [0.2, 0.25) is 0 Å². The molecule has 0 spiro atoms. The van der Waals surface area contributed by atoms with Crippen LogP contribution in [0.1, 0.15) is 0 Å². The number of hydrogen-bond acceptors (Lipinski definition) is 1. The fourth-order valence-corrected chi connectivity index (χ4v) is 0.278. The molecule has 1 rings (SSSR count). The van der Waals surface area contributed by atoms with Crippen molar-refractivity contribution in [2.45, 2.75) is 0 Å². The van der Waals surface area contributed by atoms with Gasteiger partial charge in [-0.2, -0.15) is 0 Å². The summed E-state index contributed by atoms with van der Waals surface area (Å²) in [6.07, 6.45) is 1.96. The normalized spacial score (nSPS) is 19.2. The van der Waals surface area contributed by atoms with Crippen LogP contribution in [0.2, 0.25) is 0 Å². The molecule has 0 saturated carbocycles. The summed E-state index contributed by atoms with van der Waals surface area (Å²) in [6.45, 7) is 0.764. The standard InChI is InChI=1S/C3H4BO/c1-2-4-5-3-1/h1-2H,3H2. The monoisotopic (exact) mass is 67.0 g/mol. The molecule has 0 atom stereocenters. The van der Waals surface area contributed by atoms with Crippen molar-refractivity contribution in [3.63, 3.8) is 0 Å². The highest BCUT2D eigenvalue weighted by atomic mass is 16.4. The number of rotatable bonds is 0. The Morgan fingerprint density at radius 2 is 2.80 bits per heavy atom. The van der Waals surface area contributed by atoms with Gasteiger partial charge in [-0.15, -0.1) is 0 Å². The summed E-state index contributed by atoms with van der Waals surface area (Å²) in [5.41, 5.74) is 0. The van der Waals surface area contributed by atoms with Gasteiger partial charge in [-0.25, -0.2) is 0 Å². The van der Waals surface area contributed by atoms with Gasteiger partial charge in [-0.05, 0) is 0 Å². The van der Waals surface area contributed by atoms with Crippen molar-refractivity contribution in [1.82, 2.24) is 0 Å². The molecule has 1 aliphatic rings. The van der Waals surface area contributed by atoms with Crippen LogP contribution in [0, 0.1) is 0 Å². The van der Waals surface area contributed by atoms with Crippen LogP contribution in [0.25, 0.3) is 0 Å². The van der Waals surface area contributed by atoms with Crippen molar-refractivity contribution in [2.75, 3.05) is 6.61 Å². The Labute approximate surface area is 31.9 Å². The quantitative estimate of drug-likeness (QED) is 0.366. The molecule has 0 unspecified atom stereocenters. The fraction of sp³-hybridized carbons (Fsp3) is 0.333. The van der Waals surface area contributed by atoms with Crippen molar-refractivity contribution in [3.05, 3.63) is 12.1 Å². The third-order valence-corrected chi connectivity index (χ3v) is 0.503. The first-order valence-electron chi connectivity index (χ1n) is 1.60. The van der Waals surface area contributed by atoms with Crippen LogP contribution in [0.5, 0.6) is 0 Å². The molecule has 5 heavy (non-hydrogen) atoms. The molecule has 0 bridgehead atoms. The molecule has 1 nitrogen and oxygen atoms in total. The van der Waals surface area contributed by atoms with Crippen LogP contribution in [0.15, 0.2) is 12.1 Å². The van der Waals surface area contributed by atoms with Crippen molar-refractivity contribution in [2.24, 2.45) is 0 Å². The number of hydrogen-bond donors (Lipinski definition) is 0. The molecule has 0 N–H and O–H groups in total. The molecule has 0 aromatic carbocycles. The van der Waals surface area contributed by atoms with Gasteiger partial charge in [0.05, 0.1) is 0 Å². The second-order valence-electron chi connectivity index (χ2n) is 0.898. The van der Waals surface area contributed by atoms with Gasteiger partial charge in [0.1, 0.15) is 0 Å². The minimum atomic E-state index is 0.764. The molecule has 1 radical (unpaired) electrons. The summed E-state index contributed by atoms with van der Waals surface area (Å²) in [4.78, 5) is 0. The van der Waals surface area contributed by atoms with Gasteiger partial charge in [0, 0.05) is 6.61 Å². The molecule has 0 aromatic rings. The van der Waals surface area contributed by atoms with Crippen LogP contribution in [-0.2, 0) is 4.65 Å². The Hall–Kier alpha value is -0.235. The fourth-order valence-electron chi connectivity index (χ4n) is 0.278. The third kappa shape index (κ3) is 0.517. The average Bonchev–Trinajstić information content (AvgIpc) is 1.76. The van der Waals surface area contributed by atoms with E-state index in [1.54, 1.807) is 7.48 Å². The van der Waals surface area contributed by atoms with Crippen molar-refractivity contribution in [3.8, 4) is 0 Å². The maximum atomic E-state index is 4.71. The molecule has 2 heteroatoms. The minimum Gasteiger partial charge on any atom is -0.432 e. The van der Waals surface area contributed by atoms with E-state index >= 15 is 0 Å². The average molecular weight is 66.9 g/mol. The van der Waals surface area contributed by atoms with Crippen LogP contribution >= 0.6 is 0 Å². The molecule has 0 fully saturated rings. The van der Waals surface area contributed by atoms with E-state index in [2.05, 4.69) is 0 Å². The lowest BCUT2D eigenvalue weighted by Gasteiger charge is -1.76. The summed E-state index contributed by atoms with van der Waals surface area (Å²) >= 11 is 0. The first-order chi connectivity index (χ1) is 2.50. The van der Waals surface area contributed by atoms with Gasteiger partial charge in [0.15, 0.2) is 0 Å². The predicted molar refractivity (Wildman–Crippen MR) is 20.8 cm³/mol. The molecule has 0 saturated heterocycles. The van der Waals surface area contributed by atoms with Crippen molar-refractivity contribution in [1.29, 1.82) is 0 Å². The van der Waals surface area contributed by atoms with Gasteiger partial charge in [0.25, 0.3) is 0 Å². The van der Waals surface area contributed by atoms with E-state index in [1.165, 1.54) is 0 Å². The Morgan fingerprint density at radius 3 is 3.00 bits per heavy atom. The molecule has 1 aliphatic heterocycles. The van der Waals surface area contributed by atoms with E-state index < -0.39 is 0 Å². The van der Waals surface area contributed by atoms with Gasteiger partial charge >= 0.3 is 7.48 Å².